The predicted molar refractivity (Wildman–Crippen MR) is 80.5 cm³/mol. The van der Waals surface area contributed by atoms with E-state index < -0.39 is 0 Å². The Morgan fingerprint density at radius 3 is 2.75 bits per heavy atom. The molecule has 108 valence electrons. The largest absolute Gasteiger partial charge is 0.391 e. The van der Waals surface area contributed by atoms with E-state index in [0.29, 0.717) is 19.0 Å². The van der Waals surface area contributed by atoms with Crippen molar-refractivity contribution in [2.45, 2.75) is 38.5 Å². The fraction of sp³-hybridized carbons (Fsp3) is 0.438. The molecule has 2 unspecified atom stereocenters. The maximum Gasteiger partial charge on any atom is 0.0704 e. The summed E-state index contributed by atoms with van der Waals surface area (Å²) in [6.07, 6.45) is 5.11. The summed E-state index contributed by atoms with van der Waals surface area (Å²) in [5.41, 5.74) is 1.17. The highest BCUT2D eigenvalue weighted by Gasteiger charge is 2.08. The average Bonchev–Trinajstić information content (AvgIpc) is 2.97. The van der Waals surface area contributed by atoms with E-state index in [1.165, 1.54) is 5.56 Å². The van der Waals surface area contributed by atoms with E-state index in [0.717, 1.165) is 13.0 Å². The van der Waals surface area contributed by atoms with Gasteiger partial charge >= 0.3 is 0 Å². The van der Waals surface area contributed by atoms with E-state index in [1.807, 2.05) is 47.3 Å². The highest BCUT2D eigenvalue weighted by Crippen LogP contribution is 2.03. The van der Waals surface area contributed by atoms with Crippen LogP contribution >= 0.6 is 0 Å². The monoisotopic (exact) mass is 273 g/mol. The average molecular weight is 273 g/mol. The van der Waals surface area contributed by atoms with Gasteiger partial charge in [-0.15, -0.1) is 0 Å². The van der Waals surface area contributed by atoms with Crippen molar-refractivity contribution in [2.75, 3.05) is 6.54 Å². The molecule has 0 fully saturated rings. The van der Waals surface area contributed by atoms with Crippen LogP contribution in [-0.2, 0) is 13.0 Å². The van der Waals surface area contributed by atoms with E-state index in [2.05, 4.69) is 17.3 Å². The maximum absolute atomic E-state index is 10.0. The van der Waals surface area contributed by atoms with Gasteiger partial charge in [0.05, 0.1) is 6.10 Å². The van der Waals surface area contributed by atoms with Gasteiger partial charge in [0.1, 0.15) is 0 Å². The molecule has 0 aliphatic rings. The lowest BCUT2D eigenvalue weighted by Crippen LogP contribution is -2.35. The summed E-state index contributed by atoms with van der Waals surface area (Å²) in [6, 6.07) is 12.4. The zero-order valence-corrected chi connectivity index (χ0v) is 11.9. The number of benzene rings is 1. The van der Waals surface area contributed by atoms with Gasteiger partial charge < -0.3 is 10.4 Å². The van der Waals surface area contributed by atoms with Crippen molar-refractivity contribution in [3.05, 3.63) is 54.4 Å². The van der Waals surface area contributed by atoms with E-state index in [4.69, 9.17) is 0 Å². The van der Waals surface area contributed by atoms with E-state index in [9.17, 15) is 5.11 Å². The minimum Gasteiger partial charge on any atom is -0.391 e. The lowest BCUT2D eigenvalue weighted by Gasteiger charge is -2.17. The molecular formula is C16H23N3O. The molecule has 0 spiro atoms. The van der Waals surface area contributed by atoms with Gasteiger partial charge in [0, 0.05) is 31.5 Å². The van der Waals surface area contributed by atoms with Crippen molar-refractivity contribution in [2.24, 2.45) is 0 Å². The number of aliphatic hydroxyl groups excluding tert-OH is 1. The normalized spacial score (nSPS) is 14.1. The molecule has 2 N–H and O–H groups in total. The molecule has 0 bridgehead atoms. The van der Waals surface area contributed by atoms with E-state index >= 15 is 0 Å². The molecule has 0 radical (unpaired) electrons. The summed E-state index contributed by atoms with van der Waals surface area (Å²) in [5, 5.41) is 17.6. The Labute approximate surface area is 120 Å². The molecule has 20 heavy (non-hydrogen) atoms. The van der Waals surface area contributed by atoms with Crippen molar-refractivity contribution in [3.8, 4) is 0 Å². The molecule has 2 atom stereocenters. The lowest BCUT2D eigenvalue weighted by atomic mass is 10.1. The Hall–Kier alpha value is -1.65. The van der Waals surface area contributed by atoms with Crippen LogP contribution in [0.25, 0.3) is 0 Å². The van der Waals surface area contributed by atoms with E-state index in [-0.39, 0.29) is 6.10 Å². The van der Waals surface area contributed by atoms with Crippen LogP contribution in [0.2, 0.25) is 0 Å². The van der Waals surface area contributed by atoms with Crippen LogP contribution in [0.5, 0.6) is 0 Å². The number of aliphatic hydroxyl groups is 1. The summed E-state index contributed by atoms with van der Waals surface area (Å²) < 4.78 is 1.93. The molecule has 1 aromatic heterocycles. The molecule has 4 nitrogen and oxygen atoms in total. The fourth-order valence-electron chi connectivity index (χ4n) is 2.16. The highest BCUT2D eigenvalue weighted by molar-refractivity contribution is 5.15. The molecule has 2 rings (SSSR count). The number of hydrogen-bond acceptors (Lipinski definition) is 3. The smallest absolute Gasteiger partial charge is 0.0704 e. The summed E-state index contributed by atoms with van der Waals surface area (Å²) in [4.78, 5) is 0. The second-order valence-corrected chi connectivity index (χ2v) is 5.21. The summed E-state index contributed by atoms with van der Waals surface area (Å²) >= 11 is 0. The van der Waals surface area contributed by atoms with E-state index in [1.54, 1.807) is 6.20 Å². The van der Waals surface area contributed by atoms with Crippen LogP contribution in [0, 0.1) is 0 Å². The molecule has 0 saturated carbocycles. The quantitative estimate of drug-likeness (QED) is 0.772. The van der Waals surface area contributed by atoms with Crippen LogP contribution in [0.4, 0.5) is 0 Å². The van der Waals surface area contributed by atoms with Crippen LogP contribution in [0.1, 0.15) is 18.9 Å². The van der Waals surface area contributed by atoms with Crippen molar-refractivity contribution < 1.29 is 5.11 Å². The Balaban J connectivity index is 1.64. The SMILES string of the molecule is CC(CCn1cccn1)NCC(O)Cc1ccccc1. The molecule has 1 aromatic carbocycles. The maximum atomic E-state index is 10.0. The first kappa shape index (κ1) is 14.8. The fourth-order valence-corrected chi connectivity index (χ4v) is 2.16. The van der Waals surface area contributed by atoms with Crippen molar-refractivity contribution >= 4 is 0 Å². The first-order valence-corrected chi connectivity index (χ1v) is 7.17. The Morgan fingerprint density at radius 2 is 2.05 bits per heavy atom. The minimum atomic E-state index is -0.343. The summed E-state index contributed by atoms with van der Waals surface area (Å²) in [7, 11) is 0. The third-order valence-corrected chi connectivity index (χ3v) is 3.37. The van der Waals surface area contributed by atoms with Gasteiger partial charge in [-0.2, -0.15) is 5.10 Å². The number of aryl methyl sites for hydroxylation is 1. The zero-order valence-electron chi connectivity index (χ0n) is 11.9. The second-order valence-electron chi connectivity index (χ2n) is 5.21. The first-order valence-electron chi connectivity index (χ1n) is 7.17. The van der Waals surface area contributed by atoms with Crippen LogP contribution in [0.3, 0.4) is 0 Å². The molecule has 1 heterocycles. The van der Waals surface area contributed by atoms with Gasteiger partial charge in [-0.25, -0.2) is 0 Å². The van der Waals surface area contributed by atoms with Gasteiger partial charge in [-0.1, -0.05) is 30.3 Å². The topological polar surface area (TPSA) is 50.1 Å². The van der Waals surface area contributed by atoms with Gasteiger partial charge in [0.15, 0.2) is 0 Å². The van der Waals surface area contributed by atoms with Gasteiger partial charge in [-0.3, -0.25) is 4.68 Å². The number of hydrogen-bond donors (Lipinski definition) is 2. The molecule has 0 saturated heterocycles. The van der Waals surface area contributed by atoms with Crippen molar-refractivity contribution in [1.29, 1.82) is 0 Å². The molecule has 0 aliphatic carbocycles. The van der Waals surface area contributed by atoms with Gasteiger partial charge in [0.25, 0.3) is 0 Å². The second kappa shape index (κ2) is 7.82. The summed E-state index contributed by atoms with van der Waals surface area (Å²) in [5.74, 6) is 0. The molecule has 0 aliphatic heterocycles. The molecule has 0 amide bonds. The Kier molecular flexibility index (Phi) is 5.77. The minimum absolute atomic E-state index is 0.343. The van der Waals surface area contributed by atoms with Crippen molar-refractivity contribution in [1.82, 2.24) is 15.1 Å². The first-order chi connectivity index (χ1) is 9.74. The van der Waals surface area contributed by atoms with Crippen molar-refractivity contribution in [3.63, 3.8) is 0 Å². The number of nitrogens with zero attached hydrogens (tertiary/aromatic N) is 2. The summed E-state index contributed by atoms with van der Waals surface area (Å²) in [6.45, 7) is 3.66. The third kappa shape index (κ3) is 5.15. The van der Waals surface area contributed by atoms with Gasteiger partial charge in [0.2, 0.25) is 0 Å². The molecule has 4 heteroatoms. The van der Waals surface area contributed by atoms with Crippen LogP contribution in [-0.4, -0.2) is 33.6 Å². The predicted octanol–water partition coefficient (Wildman–Crippen LogP) is 1.85. The molecular weight excluding hydrogens is 250 g/mol. The number of aromatic nitrogens is 2. The number of rotatable bonds is 8. The van der Waals surface area contributed by atoms with Crippen LogP contribution in [0.15, 0.2) is 48.8 Å². The standard InChI is InChI=1S/C16H23N3O/c1-14(8-11-19-10-5-9-18-19)17-13-16(20)12-15-6-3-2-4-7-15/h2-7,9-10,14,16-17,20H,8,11-13H2,1H3. The zero-order chi connectivity index (χ0) is 14.2. The number of nitrogens with one attached hydrogen (secondary N) is 1. The Bertz CT molecular complexity index is 470. The lowest BCUT2D eigenvalue weighted by molar-refractivity contribution is 0.167. The highest BCUT2D eigenvalue weighted by atomic mass is 16.3. The van der Waals surface area contributed by atoms with Gasteiger partial charge in [-0.05, 0) is 31.4 Å². The third-order valence-electron chi connectivity index (χ3n) is 3.37. The molecule has 2 aromatic rings. The van der Waals surface area contributed by atoms with Crippen LogP contribution < -0.4 is 5.32 Å². The Morgan fingerprint density at radius 1 is 1.25 bits per heavy atom.